The van der Waals surface area contributed by atoms with E-state index in [2.05, 4.69) is 83.8 Å². The van der Waals surface area contributed by atoms with Crippen molar-refractivity contribution in [2.45, 2.75) is 46.7 Å². The third-order valence-electron chi connectivity index (χ3n) is 6.07. The molecule has 4 rings (SSSR count). The number of nitrogens with zero attached hydrogens (tertiary/aromatic N) is 5. The van der Waals surface area contributed by atoms with Crippen LogP contribution in [-0.2, 0) is 6.54 Å². The summed E-state index contributed by atoms with van der Waals surface area (Å²) < 4.78 is 2.02. The summed E-state index contributed by atoms with van der Waals surface area (Å²) in [6.07, 6.45) is 1.10. The molecule has 0 bridgehead atoms. The Balaban J connectivity index is 1.51. The van der Waals surface area contributed by atoms with Crippen LogP contribution < -0.4 is 9.80 Å². The Hall–Kier alpha value is -2.25. The number of anilines is 1. The van der Waals surface area contributed by atoms with E-state index < -0.39 is 0 Å². The number of aromatic nitrogens is 4. The lowest BCUT2D eigenvalue weighted by atomic mass is 10.0. The Morgan fingerprint density at radius 3 is 2.63 bits per heavy atom. The molecule has 0 aliphatic carbocycles. The van der Waals surface area contributed by atoms with E-state index in [4.69, 9.17) is 0 Å². The number of nitrogens with one attached hydrogen (secondary N) is 1. The number of benzene rings is 1. The van der Waals surface area contributed by atoms with E-state index in [0.717, 1.165) is 45.0 Å². The molecule has 7 heteroatoms. The maximum Gasteiger partial charge on any atom is 0.209 e. The van der Waals surface area contributed by atoms with Gasteiger partial charge in [-0.1, -0.05) is 32.0 Å². The minimum absolute atomic E-state index is 0.334. The molecule has 2 aromatic heterocycles. The largest absolute Gasteiger partial charge is 0.360 e. The normalized spacial score (nSPS) is 16.4. The Labute approximate surface area is 183 Å². The van der Waals surface area contributed by atoms with Crippen molar-refractivity contribution in [1.82, 2.24) is 20.2 Å². The van der Waals surface area contributed by atoms with Gasteiger partial charge in [0.1, 0.15) is 6.04 Å². The average molecular weight is 426 g/mol. The van der Waals surface area contributed by atoms with Gasteiger partial charge in [0.05, 0.1) is 32.7 Å². The van der Waals surface area contributed by atoms with Crippen LogP contribution in [-0.4, -0.2) is 46.4 Å². The van der Waals surface area contributed by atoms with Crippen LogP contribution in [0.3, 0.4) is 0 Å². The molecule has 3 aromatic rings. The van der Waals surface area contributed by atoms with Crippen LogP contribution in [0.5, 0.6) is 0 Å². The van der Waals surface area contributed by atoms with Gasteiger partial charge in [-0.25, -0.2) is 4.68 Å². The second-order valence-electron chi connectivity index (χ2n) is 8.89. The number of hydrogen-bond acceptors (Lipinski definition) is 5. The molecule has 3 heterocycles. The van der Waals surface area contributed by atoms with Gasteiger partial charge in [0.25, 0.3) is 0 Å². The van der Waals surface area contributed by atoms with Crippen molar-refractivity contribution in [2.24, 2.45) is 5.92 Å². The molecule has 30 heavy (non-hydrogen) atoms. The maximum absolute atomic E-state index is 4.50. The van der Waals surface area contributed by atoms with Crippen molar-refractivity contribution >= 4 is 17.0 Å². The molecule has 0 radical (unpaired) electrons. The summed E-state index contributed by atoms with van der Waals surface area (Å²) in [6, 6.07) is 11.3. The first-order valence-corrected chi connectivity index (χ1v) is 11.8. The lowest BCUT2D eigenvalue weighted by Crippen LogP contribution is -3.15. The van der Waals surface area contributed by atoms with Crippen molar-refractivity contribution in [3.63, 3.8) is 0 Å². The zero-order valence-corrected chi connectivity index (χ0v) is 19.3. The molecule has 1 N–H and O–H groups in total. The lowest BCUT2D eigenvalue weighted by Gasteiger charge is -2.38. The monoisotopic (exact) mass is 425 g/mol. The van der Waals surface area contributed by atoms with Gasteiger partial charge in [0.2, 0.25) is 5.82 Å². The first-order valence-electron chi connectivity index (χ1n) is 11.0. The molecule has 0 saturated carbocycles. The fourth-order valence-corrected chi connectivity index (χ4v) is 5.18. The molecule has 1 fully saturated rings. The van der Waals surface area contributed by atoms with Crippen LogP contribution in [0.15, 0.2) is 35.7 Å². The average Bonchev–Trinajstić information content (AvgIpc) is 3.41. The summed E-state index contributed by atoms with van der Waals surface area (Å²) in [4.78, 5) is 5.45. The maximum atomic E-state index is 4.50. The molecular weight excluding hydrogens is 392 g/mol. The van der Waals surface area contributed by atoms with Gasteiger partial charge in [0.15, 0.2) is 0 Å². The molecule has 0 amide bonds. The number of quaternary nitrogens is 1. The number of hydrogen-bond donors (Lipinski definition) is 1. The van der Waals surface area contributed by atoms with E-state index >= 15 is 0 Å². The van der Waals surface area contributed by atoms with Gasteiger partial charge >= 0.3 is 0 Å². The lowest BCUT2D eigenvalue weighted by molar-refractivity contribution is -0.934. The Bertz CT molecular complexity index is 941. The number of aryl methyl sites for hydroxylation is 2. The summed E-state index contributed by atoms with van der Waals surface area (Å²) in [6.45, 7) is 14.1. The Morgan fingerprint density at radius 2 is 1.93 bits per heavy atom. The van der Waals surface area contributed by atoms with Crippen LogP contribution in [0.4, 0.5) is 5.69 Å². The van der Waals surface area contributed by atoms with E-state index in [1.165, 1.54) is 21.7 Å². The number of tetrazole rings is 1. The van der Waals surface area contributed by atoms with Crippen molar-refractivity contribution in [3.05, 3.63) is 57.5 Å². The van der Waals surface area contributed by atoms with Crippen molar-refractivity contribution in [3.8, 4) is 0 Å². The van der Waals surface area contributed by atoms with Crippen LogP contribution in [0.25, 0.3) is 0 Å². The molecule has 0 unspecified atom stereocenters. The zero-order valence-electron chi connectivity index (χ0n) is 18.5. The number of thiophene rings is 1. The van der Waals surface area contributed by atoms with Gasteiger partial charge < -0.3 is 9.80 Å². The molecule has 1 aliphatic heterocycles. The van der Waals surface area contributed by atoms with Crippen molar-refractivity contribution in [1.29, 1.82) is 0 Å². The molecule has 160 valence electrons. The minimum atomic E-state index is 0.334. The summed E-state index contributed by atoms with van der Waals surface area (Å²) >= 11 is 1.76. The Kier molecular flexibility index (Phi) is 6.49. The predicted molar refractivity (Wildman–Crippen MR) is 122 cm³/mol. The summed E-state index contributed by atoms with van der Waals surface area (Å²) in [5, 5.41) is 15.0. The topological polar surface area (TPSA) is 51.3 Å². The molecule has 1 atom stereocenters. The van der Waals surface area contributed by atoms with Gasteiger partial charge in [-0.3, -0.25) is 0 Å². The fraction of sp³-hybridized carbons (Fsp3) is 0.522. The highest BCUT2D eigenvalue weighted by Gasteiger charge is 2.33. The van der Waals surface area contributed by atoms with E-state index in [1.54, 1.807) is 16.2 Å². The molecule has 1 saturated heterocycles. The van der Waals surface area contributed by atoms with Crippen LogP contribution >= 0.6 is 11.3 Å². The third-order valence-corrected chi connectivity index (χ3v) is 6.93. The van der Waals surface area contributed by atoms with E-state index in [0.29, 0.717) is 12.0 Å². The first-order chi connectivity index (χ1) is 14.5. The fourth-order valence-electron chi connectivity index (χ4n) is 4.49. The quantitative estimate of drug-likeness (QED) is 0.632. The van der Waals surface area contributed by atoms with E-state index in [-0.39, 0.29) is 0 Å². The Morgan fingerprint density at radius 1 is 1.13 bits per heavy atom. The highest BCUT2D eigenvalue weighted by molar-refractivity contribution is 7.09. The van der Waals surface area contributed by atoms with Gasteiger partial charge in [-0.2, -0.15) is 0 Å². The molecule has 1 aliphatic rings. The third kappa shape index (κ3) is 4.73. The second-order valence-corrected chi connectivity index (χ2v) is 9.92. The first kappa shape index (κ1) is 21.0. The highest BCUT2D eigenvalue weighted by atomic mass is 32.1. The molecule has 1 aromatic carbocycles. The standard InChI is InChI=1S/C23H32N6S/c1-17(2)14-22(23-24-25-26-29(23)16-20-6-5-13-30-20)28-11-9-27(10-12-28)21-15-18(3)7-8-19(21)4/h5-8,13,15,17,22H,9-12,14,16H2,1-4H3/p+1/t22-/m0/s1. The smallest absolute Gasteiger partial charge is 0.209 e. The molecule has 0 spiro atoms. The van der Waals surface area contributed by atoms with Gasteiger partial charge in [0, 0.05) is 17.0 Å². The highest BCUT2D eigenvalue weighted by Crippen LogP contribution is 2.23. The van der Waals surface area contributed by atoms with Crippen LogP contribution in [0.1, 0.15) is 48.1 Å². The van der Waals surface area contributed by atoms with Gasteiger partial charge in [-0.15, -0.1) is 16.4 Å². The van der Waals surface area contributed by atoms with Crippen molar-refractivity contribution < 1.29 is 4.90 Å². The van der Waals surface area contributed by atoms with E-state index in [9.17, 15) is 0 Å². The minimum Gasteiger partial charge on any atom is -0.360 e. The molecule has 6 nitrogen and oxygen atoms in total. The number of rotatable bonds is 7. The summed E-state index contributed by atoms with van der Waals surface area (Å²) in [7, 11) is 0. The predicted octanol–water partition coefficient (Wildman–Crippen LogP) is 2.89. The zero-order chi connectivity index (χ0) is 21.1. The van der Waals surface area contributed by atoms with Crippen LogP contribution in [0.2, 0.25) is 0 Å². The second kappa shape index (κ2) is 9.27. The van der Waals surface area contributed by atoms with Gasteiger partial charge in [-0.05, 0) is 58.8 Å². The number of piperazine rings is 1. The molecular formula is C23H33N6S+. The summed E-state index contributed by atoms with van der Waals surface area (Å²) in [5.74, 6) is 1.64. The van der Waals surface area contributed by atoms with Crippen LogP contribution in [0, 0.1) is 19.8 Å². The SMILES string of the molecule is Cc1ccc(C)c(N2CC[NH+]([C@@H](CC(C)C)c3nnnn3Cc3cccs3)CC2)c1. The van der Waals surface area contributed by atoms with Crippen molar-refractivity contribution in [2.75, 3.05) is 31.1 Å². The van der Waals surface area contributed by atoms with E-state index in [1.807, 2.05) is 4.68 Å². The summed E-state index contributed by atoms with van der Waals surface area (Å²) in [5.41, 5.74) is 4.08.